The standard InChI is InChI=1S/C5H6NO2S/c7-5(8)6-9-3-1-2-4-9/h1-4,6,9H. The van der Waals surface area contributed by atoms with E-state index in [0.29, 0.717) is 0 Å². The molecule has 0 spiro atoms. The molecule has 0 aromatic rings. The van der Waals surface area contributed by atoms with Crippen molar-refractivity contribution in [2.75, 3.05) is 0 Å². The van der Waals surface area contributed by atoms with Gasteiger partial charge in [0, 0.05) is 0 Å². The van der Waals surface area contributed by atoms with Crippen LogP contribution in [0.4, 0.5) is 4.79 Å². The molecular formula is C5H6NO2S. The lowest BCUT2D eigenvalue weighted by atomic mass is 10.6. The second-order valence-corrected chi connectivity index (χ2v) is 3.12. The van der Waals surface area contributed by atoms with Crippen molar-refractivity contribution < 1.29 is 9.90 Å². The molecule has 3 nitrogen and oxygen atoms in total. The summed E-state index contributed by atoms with van der Waals surface area (Å²) in [7, 11) is 0. The SMILES string of the molecule is [O]C(=O)N[SH]1C=CC=C1. The Labute approximate surface area is 55.5 Å². The number of carbonyl (C=O) groups excluding carboxylic acids is 1. The maximum Gasteiger partial charge on any atom is 0.459 e. The number of amides is 1. The van der Waals surface area contributed by atoms with Gasteiger partial charge in [-0.15, -0.1) is 11.1 Å². The fourth-order valence-electron chi connectivity index (χ4n) is 0.514. The topological polar surface area (TPSA) is 49.0 Å². The molecule has 0 saturated heterocycles. The Hall–Kier alpha value is -0.900. The first kappa shape index (κ1) is 6.22. The van der Waals surface area contributed by atoms with E-state index in [2.05, 4.69) is 4.72 Å². The second-order valence-electron chi connectivity index (χ2n) is 1.49. The molecule has 49 valence electrons. The minimum Gasteiger partial charge on any atom is -0.276 e. The number of hydrogen-bond acceptors (Lipinski definition) is 1. The van der Waals surface area contributed by atoms with Gasteiger partial charge in [0.1, 0.15) is 0 Å². The molecule has 1 heterocycles. The molecule has 0 aromatic heterocycles. The van der Waals surface area contributed by atoms with Crippen molar-refractivity contribution in [2.45, 2.75) is 0 Å². The van der Waals surface area contributed by atoms with Gasteiger partial charge >= 0.3 is 6.09 Å². The monoisotopic (exact) mass is 144 g/mol. The summed E-state index contributed by atoms with van der Waals surface area (Å²) in [6.07, 6.45) is 2.40. The van der Waals surface area contributed by atoms with Crippen molar-refractivity contribution in [3.63, 3.8) is 0 Å². The van der Waals surface area contributed by atoms with Crippen LogP contribution in [0.25, 0.3) is 0 Å². The van der Waals surface area contributed by atoms with Crippen molar-refractivity contribution in [2.24, 2.45) is 0 Å². The van der Waals surface area contributed by atoms with Crippen molar-refractivity contribution in [1.29, 1.82) is 0 Å². The Balaban J connectivity index is 2.37. The third kappa shape index (κ3) is 1.81. The Morgan fingerprint density at radius 2 is 1.89 bits per heavy atom. The Kier molecular flexibility index (Phi) is 1.79. The van der Waals surface area contributed by atoms with Crippen molar-refractivity contribution in [1.82, 2.24) is 4.72 Å². The van der Waals surface area contributed by atoms with Crippen LogP contribution in [0.5, 0.6) is 0 Å². The van der Waals surface area contributed by atoms with E-state index < -0.39 is 17.2 Å². The average molecular weight is 144 g/mol. The third-order valence-electron chi connectivity index (χ3n) is 0.825. The summed E-state index contributed by atoms with van der Waals surface area (Å²) in [4.78, 5) is 9.88. The van der Waals surface area contributed by atoms with E-state index in [1.807, 2.05) is 12.2 Å². The zero-order valence-electron chi connectivity index (χ0n) is 4.57. The highest BCUT2D eigenvalue weighted by Crippen LogP contribution is 2.27. The molecule has 0 unspecified atom stereocenters. The smallest absolute Gasteiger partial charge is 0.276 e. The molecule has 0 aromatic carbocycles. The minimum atomic E-state index is -1.21. The Bertz CT molecular complexity index is 164. The Morgan fingerprint density at radius 1 is 1.33 bits per heavy atom. The molecule has 0 saturated carbocycles. The van der Waals surface area contributed by atoms with Gasteiger partial charge in [0.05, 0.1) is 0 Å². The first-order chi connectivity index (χ1) is 4.29. The van der Waals surface area contributed by atoms with Crippen LogP contribution in [0.2, 0.25) is 0 Å². The normalized spacial score (nSPS) is 18.4. The van der Waals surface area contributed by atoms with Gasteiger partial charge in [-0.2, -0.15) is 0 Å². The fourth-order valence-corrected chi connectivity index (χ4v) is 1.54. The molecule has 0 aliphatic carbocycles. The zero-order chi connectivity index (χ0) is 6.69. The van der Waals surface area contributed by atoms with Gasteiger partial charge in [-0.25, -0.2) is 9.90 Å². The second kappa shape index (κ2) is 2.59. The summed E-state index contributed by atoms with van der Waals surface area (Å²) in [5, 5.41) is 13.5. The Morgan fingerprint density at radius 3 is 2.33 bits per heavy atom. The van der Waals surface area contributed by atoms with Crippen LogP contribution in [0.1, 0.15) is 0 Å². The van der Waals surface area contributed by atoms with Gasteiger partial charge in [0.25, 0.3) is 0 Å². The van der Waals surface area contributed by atoms with Crippen molar-refractivity contribution in [3.8, 4) is 0 Å². The van der Waals surface area contributed by atoms with Crippen LogP contribution in [0.15, 0.2) is 23.0 Å². The van der Waals surface area contributed by atoms with E-state index in [4.69, 9.17) is 0 Å². The lowest BCUT2D eigenvalue weighted by Crippen LogP contribution is -2.12. The van der Waals surface area contributed by atoms with Gasteiger partial charge in [0.2, 0.25) is 0 Å². The fraction of sp³-hybridized carbons (Fsp3) is 0. The highest BCUT2D eigenvalue weighted by Gasteiger charge is 2.02. The highest BCUT2D eigenvalue weighted by atomic mass is 32.2. The number of hydrogen-bond donors (Lipinski definition) is 2. The summed E-state index contributed by atoms with van der Waals surface area (Å²) < 4.78 is 2.24. The molecule has 0 bridgehead atoms. The molecule has 1 amide bonds. The molecule has 1 N–H and O–H groups in total. The van der Waals surface area contributed by atoms with Crippen molar-refractivity contribution in [3.05, 3.63) is 23.0 Å². The first-order valence-corrected chi connectivity index (χ1v) is 3.88. The minimum absolute atomic E-state index is 0.758. The molecule has 0 atom stereocenters. The summed E-state index contributed by atoms with van der Waals surface area (Å²) >= 11 is -0.758. The summed E-state index contributed by atoms with van der Waals surface area (Å²) in [6, 6.07) is 0. The van der Waals surface area contributed by atoms with Gasteiger partial charge in [-0.05, 0) is 10.8 Å². The van der Waals surface area contributed by atoms with E-state index in [0.717, 1.165) is 0 Å². The van der Waals surface area contributed by atoms with Crippen LogP contribution < -0.4 is 4.72 Å². The highest BCUT2D eigenvalue weighted by molar-refractivity contribution is 8.21. The maximum atomic E-state index is 9.88. The molecule has 0 fully saturated rings. The summed E-state index contributed by atoms with van der Waals surface area (Å²) in [5.74, 6) is 0. The summed E-state index contributed by atoms with van der Waals surface area (Å²) in [6.45, 7) is 0. The van der Waals surface area contributed by atoms with Gasteiger partial charge < -0.3 is 0 Å². The third-order valence-corrected chi connectivity index (χ3v) is 2.25. The van der Waals surface area contributed by atoms with Crippen molar-refractivity contribution >= 4 is 17.2 Å². The average Bonchev–Trinajstić information content (AvgIpc) is 2.15. The van der Waals surface area contributed by atoms with E-state index in [-0.39, 0.29) is 0 Å². The maximum absolute atomic E-state index is 9.88. The van der Waals surface area contributed by atoms with Gasteiger partial charge in [-0.1, -0.05) is 12.2 Å². The quantitative estimate of drug-likeness (QED) is 0.531. The van der Waals surface area contributed by atoms with Crippen LogP contribution in [0.3, 0.4) is 0 Å². The predicted molar refractivity (Wildman–Crippen MR) is 36.5 cm³/mol. The number of allylic oxidation sites excluding steroid dienone is 2. The molecule has 1 rings (SSSR count). The zero-order valence-corrected chi connectivity index (χ0v) is 5.47. The predicted octanol–water partition coefficient (Wildman–Crippen LogP) is 1.08. The molecule has 1 radical (unpaired) electrons. The summed E-state index contributed by atoms with van der Waals surface area (Å²) in [5.41, 5.74) is 0. The number of carbonyl (C=O) groups is 1. The first-order valence-electron chi connectivity index (χ1n) is 2.40. The number of nitrogens with one attached hydrogen (secondary N) is 1. The van der Waals surface area contributed by atoms with E-state index in [1.54, 1.807) is 10.8 Å². The van der Waals surface area contributed by atoms with Crippen LogP contribution >= 0.6 is 11.1 Å². The lowest BCUT2D eigenvalue weighted by Gasteiger charge is -2.05. The van der Waals surface area contributed by atoms with E-state index in [9.17, 15) is 9.90 Å². The van der Waals surface area contributed by atoms with E-state index in [1.165, 1.54) is 0 Å². The number of thiol groups is 1. The van der Waals surface area contributed by atoms with Crippen LogP contribution in [-0.2, 0) is 5.11 Å². The largest absolute Gasteiger partial charge is 0.459 e. The lowest BCUT2D eigenvalue weighted by molar-refractivity contribution is 0.176. The van der Waals surface area contributed by atoms with Crippen LogP contribution in [-0.4, -0.2) is 6.09 Å². The molecular weight excluding hydrogens is 138 g/mol. The van der Waals surface area contributed by atoms with Gasteiger partial charge in [0.15, 0.2) is 0 Å². The van der Waals surface area contributed by atoms with Crippen LogP contribution in [0, 0.1) is 0 Å². The number of rotatable bonds is 1. The molecule has 4 heteroatoms. The van der Waals surface area contributed by atoms with Gasteiger partial charge in [-0.3, -0.25) is 4.72 Å². The van der Waals surface area contributed by atoms with E-state index >= 15 is 0 Å². The molecule has 1 aliphatic heterocycles. The molecule has 9 heavy (non-hydrogen) atoms. The molecule has 1 aliphatic rings.